The molecule has 2 rings (SSSR count). The normalized spacial score (nSPS) is 11.0. The first kappa shape index (κ1) is 15.0. The lowest BCUT2D eigenvalue weighted by Gasteiger charge is -2.09. The Labute approximate surface area is 123 Å². The molecule has 0 fully saturated rings. The molecule has 0 amide bonds. The fraction of sp³-hybridized carbons (Fsp3) is 0.231. The summed E-state index contributed by atoms with van der Waals surface area (Å²) in [6.07, 6.45) is 4.41. The second-order valence-electron chi connectivity index (χ2n) is 4.41. The van der Waals surface area contributed by atoms with Crippen molar-refractivity contribution in [2.75, 3.05) is 11.9 Å². The van der Waals surface area contributed by atoms with Crippen molar-refractivity contribution in [2.24, 2.45) is 5.14 Å². The third kappa shape index (κ3) is 4.05. The molecule has 0 spiro atoms. The summed E-state index contributed by atoms with van der Waals surface area (Å²) in [5.41, 5.74) is 0.839. The van der Waals surface area contributed by atoms with Gasteiger partial charge in [-0.05, 0) is 30.7 Å². The number of sulfonamides is 1. The molecule has 1 aromatic heterocycles. The number of aromatic nitrogens is 2. The maximum absolute atomic E-state index is 11.2. The Balaban J connectivity index is 1.98. The number of nitriles is 1. The molecule has 1 aromatic carbocycles. The smallest absolute Gasteiger partial charge is 0.238 e. The van der Waals surface area contributed by atoms with Crippen LogP contribution in [0.2, 0.25) is 0 Å². The van der Waals surface area contributed by atoms with Crippen LogP contribution in [0.15, 0.2) is 41.6 Å². The van der Waals surface area contributed by atoms with E-state index in [-0.39, 0.29) is 10.5 Å². The predicted molar refractivity (Wildman–Crippen MR) is 77.9 cm³/mol. The maximum atomic E-state index is 11.2. The molecular formula is C13H15N5O2S. The Morgan fingerprint density at radius 2 is 2.24 bits per heavy atom. The fourth-order valence-electron chi connectivity index (χ4n) is 1.84. The van der Waals surface area contributed by atoms with Crippen LogP contribution in [0.5, 0.6) is 0 Å². The number of hydrogen-bond acceptors (Lipinski definition) is 5. The minimum absolute atomic E-state index is 0.0684. The van der Waals surface area contributed by atoms with Crippen molar-refractivity contribution >= 4 is 15.7 Å². The lowest BCUT2D eigenvalue weighted by atomic mass is 10.2. The third-order valence-electron chi connectivity index (χ3n) is 2.88. The minimum atomic E-state index is -3.80. The SMILES string of the molecule is N#Cc1cc(S(N)(=O)=O)ccc1NCCCn1cccn1. The molecule has 3 N–H and O–H groups in total. The van der Waals surface area contributed by atoms with Crippen LogP contribution in [-0.2, 0) is 16.6 Å². The van der Waals surface area contributed by atoms with E-state index in [2.05, 4.69) is 10.4 Å². The summed E-state index contributed by atoms with van der Waals surface area (Å²) in [6, 6.07) is 8.01. The average Bonchev–Trinajstić information content (AvgIpc) is 2.95. The standard InChI is InChI=1S/C13H15N5O2S/c14-10-11-9-12(21(15,19)20)3-4-13(11)16-5-1-7-18-8-2-6-17-18/h2-4,6,8-9,16H,1,5,7H2,(H2,15,19,20). The molecule has 0 saturated carbocycles. The van der Waals surface area contributed by atoms with Crippen molar-refractivity contribution in [3.63, 3.8) is 0 Å². The van der Waals surface area contributed by atoms with Gasteiger partial charge in [0.2, 0.25) is 10.0 Å². The van der Waals surface area contributed by atoms with Crippen LogP contribution in [0.25, 0.3) is 0 Å². The zero-order chi connectivity index (χ0) is 15.3. The van der Waals surface area contributed by atoms with Crippen molar-refractivity contribution in [1.29, 1.82) is 5.26 Å². The zero-order valence-corrected chi connectivity index (χ0v) is 12.0. The molecule has 1 heterocycles. The van der Waals surface area contributed by atoms with Crippen LogP contribution in [0, 0.1) is 11.3 Å². The van der Waals surface area contributed by atoms with Gasteiger partial charge in [0.1, 0.15) is 6.07 Å². The van der Waals surface area contributed by atoms with Crippen LogP contribution in [0.3, 0.4) is 0 Å². The molecule has 0 atom stereocenters. The van der Waals surface area contributed by atoms with Crippen LogP contribution in [-0.4, -0.2) is 24.7 Å². The van der Waals surface area contributed by atoms with Crippen molar-refractivity contribution in [3.8, 4) is 6.07 Å². The number of rotatable bonds is 6. The second kappa shape index (κ2) is 6.39. The zero-order valence-electron chi connectivity index (χ0n) is 11.2. The van der Waals surface area contributed by atoms with E-state index >= 15 is 0 Å². The van der Waals surface area contributed by atoms with Gasteiger partial charge in [-0.25, -0.2) is 13.6 Å². The van der Waals surface area contributed by atoms with E-state index in [1.807, 2.05) is 23.0 Å². The highest BCUT2D eigenvalue weighted by molar-refractivity contribution is 7.89. The summed E-state index contributed by atoms with van der Waals surface area (Å²) in [5.74, 6) is 0. The van der Waals surface area contributed by atoms with E-state index < -0.39 is 10.0 Å². The molecule has 0 bridgehead atoms. The monoisotopic (exact) mass is 305 g/mol. The van der Waals surface area contributed by atoms with E-state index in [0.717, 1.165) is 13.0 Å². The third-order valence-corrected chi connectivity index (χ3v) is 3.79. The number of hydrogen-bond donors (Lipinski definition) is 2. The Bertz CT molecular complexity index is 747. The molecule has 0 aliphatic rings. The van der Waals surface area contributed by atoms with Gasteiger partial charge in [0.15, 0.2) is 0 Å². The highest BCUT2D eigenvalue weighted by atomic mass is 32.2. The summed E-state index contributed by atoms with van der Waals surface area (Å²) >= 11 is 0. The maximum Gasteiger partial charge on any atom is 0.238 e. The molecule has 0 unspecified atom stereocenters. The quantitative estimate of drug-likeness (QED) is 0.770. The summed E-state index contributed by atoms with van der Waals surface area (Å²) < 4.78 is 24.3. The van der Waals surface area contributed by atoms with Crippen molar-refractivity contribution in [2.45, 2.75) is 17.9 Å². The number of aryl methyl sites for hydroxylation is 1. The number of nitrogens with one attached hydrogen (secondary N) is 1. The van der Waals surface area contributed by atoms with E-state index in [1.165, 1.54) is 12.1 Å². The fourth-order valence-corrected chi connectivity index (χ4v) is 2.38. The van der Waals surface area contributed by atoms with E-state index in [0.29, 0.717) is 12.2 Å². The van der Waals surface area contributed by atoms with E-state index in [1.54, 1.807) is 12.3 Å². The van der Waals surface area contributed by atoms with E-state index in [9.17, 15) is 8.42 Å². The van der Waals surface area contributed by atoms with Gasteiger partial charge in [0, 0.05) is 25.5 Å². The Hall–Kier alpha value is -2.37. The first-order valence-corrected chi connectivity index (χ1v) is 7.83. The number of nitrogens with zero attached hydrogens (tertiary/aromatic N) is 3. The molecule has 0 aliphatic heterocycles. The van der Waals surface area contributed by atoms with Gasteiger partial charge in [-0.2, -0.15) is 10.4 Å². The second-order valence-corrected chi connectivity index (χ2v) is 5.98. The van der Waals surface area contributed by atoms with Crippen LogP contribution in [0.1, 0.15) is 12.0 Å². The first-order chi connectivity index (χ1) is 10.0. The van der Waals surface area contributed by atoms with Crippen LogP contribution < -0.4 is 10.5 Å². The number of anilines is 1. The lowest BCUT2D eigenvalue weighted by Crippen LogP contribution is -2.13. The number of primary sulfonamides is 1. The summed E-state index contributed by atoms with van der Waals surface area (Å²) in [7, 11) is -3.80. The predicted octanol–water partition coefficient (Wildman–Crippen LogP) is 0.904. The van der Waals surface area contributed by atoms with Gasteiger partial charge >= 0.3 is 0 Å². The highest BCUT2D eigenvalue weighted by Crippen LogP contribution is 2.19. The van der Waals surface area contributed by atoms with Gasteiger partial charge in [-0.3, -0.25) is 4.68 Å². The summed E-state index contributed by atoms with van der Waals surface area (Å²) in [5, 5.41) is 21.3. The van der Waals surface area contributed by atoms with Gasteiger partial charge < -0.3 is 5.32 Å². The molecular weight excluding hydrogens is 290 g/mol. The molecule has 0 saturated heterocycles. The molecule has 0 radical (unpaired) electrons. The van der Waals surface area contributed by atoms with Crippen LogP contribution in [0.4, 0.5) is 5.69 Å². The number of nitrogens with two attached hydrogens (primary N) is 1. The van der Waals surface area contributed by atoms with Crippen molar-refractivity contribution in [3.05, 3.63) is 42.2 Å². The Morgan fingerprint density at radius 3 is 2.86 bits per heavy atom. The van der Waals surface area contributed by atoms with Crippen molar-refractivity contribution < 1.29 is 8.42 Å². The Morgan fingerprint density at radius 1 is 1.43 bits per heavy atom. The molecule has 8 heteroatoms. The molecule has 21 heavy (non-hydrogen) atoms. The molecule has 2 aromatic rings. The molecule has 0 aliphatic carbocycles. The lowest BCUT2D eigenvalue weighted by molar-refractivity contribution is 0.591. The Kier molecular flexibility index (Phi) is 4.57. The van der Waals surface area contributed by atoms with Gasteiger partial charge in [-0.1, -0.05) is 0 Å². The van der Waals surface area contributed by atoms with Gasteiger partial charge in [0.25, 0.3) is 0 Å². The van der Waals surface area contributed by atoms with Gasteiger partial charge in [-0.15, -0.1) is 0 Å². The summed E-state index contributed by atoms with van der Waals surface area (Å²) in [6.45, 7) is 1.40. The summed E-state index contributed by atoms with van der Waals surface area (Å²) in [4.78, 5) is -0.0684. The van der Waals surface area contributed by atoms with Crippen molar-refractivity contribution in [1.82, 2.24) is 9.78 Å². The topological polar surface area (TPSA) is 114 Å². The van der Waals surface area contributed by atoms with E-state index in [4.69, 9.17) is 10.4 Å². The molecule has 7 nitrogen and oxygen atoms in total. The molecule has 110 valence electrons. The van der Waals surface area contributed by atoms with Crippen LogP contribution >= 0.6 is 0 Å². The first-order valence-electron chi connectivity index (χ1n) is 6.29. The number of benzene rings is 1. The minimum Gasteiger partial charge on any atom is -0.384 e. The largest absolute Gasteiger partial charge is 0.384 e. The average molecular weight is 305 g/mol. The highest BCUT2D eigenvalue weighted by Gasteiger charge is 2.11. The van der Waals surface area contributed by atoms with Gasteiger partial charge in [0.05, 0.1) is 16.1 Å².